The summed E-state index contributed by atoms with van der Waals surface area (Å²) in [5.74, 6) is 0. The highest BCUT2D eigenvalue weighted by molar-refractivity contribution is 5.88. The Balaban J connectivity index is 2.10. The molecule has 19 heavy (non-hydrogen) atoms. The lowest BCUT2D eigenvalue weighted by Crippen LogP contribution is -2.23. The summed E-state index contributed by atoms with van der Waals surface area (Å²) in [5, 5.41) is 5.09. The Morgan fingerprint density at radius 1 is 1.37 bits per heavy atom. The minimum atomic E-state index is 0.676. The van der Waals surface area contributed by atoms with E-state index in [1.165, 1.54) is 48.0 Å². The first-order chi connectivity index (χ1) is 9.22. The summed E-state index contributed by atoms with van der Waals surface area (Å²) in [6.07, 6.45) is 4.93. The molecule has 1 aromatic carbocycles. The van der Waals surface area contributed by atoms with Gasteiger partial charge in [0.1, 0.15) is 0 Å². The molecule has 2 nitrogen and oxygen atoms in total. The van der Waals surface area contributed by atoms with Gasteiger partial charge in [-0.1, -0.05) is 25.1 Å². The fraction of sp³-hybridized carbons (Fsp3) is 0.529. The quantitative estimate of drug-likeness (QED) is 0.891. The van der Waals surface area contributed by atoms with Crippen molar-refractivity contribution in [2.24, 2.45) is 7.05 Å². The maximum atomic E-state index is 3.63. The summed E-state index contributed by atoms with van der Waals surface area (Å²) in [7, 11) is 2.21. The van der Waals surface area contributed by atoms with Crippen LogP contribution in [-0.4, -0.2) is 17.2 Å². The van der Waals surface area contributed by atoms with Crippen LogP contribution in [0.4, 0.5) is 0 Å². The van der Waals surface area contributed by atoms with Crippen molar-refractivity contribution in [2.45, 2.75) is 45.6 Å². The highest BCUT2D eigenvalue weighted by atomic mass is 15.0. The van der Waals surface area contributed by atoms with Crippen molar-refractivity contribution >= 4 is 10.9 Å². The fourth-order valence-electron chi connectivity index (χ4n) is 3.52. The molecule has 0 bridgehead atoms. The molecule has 1 saturated heterocycles. The first-order valence-corrected chi connectivity index (χ1v) is 7.51. The van der Waals surface area contributed by atoms with E-state index in [9.17, 15) is 0 Å². The third kappa shape index (κ3) is 2.08. The van der Waals surface area contributed by atoms with Crippen molar-refractivity contribution in [3.63, 3.8) is 0 Å². The van der Waals surface area contributed by atoms with Gasteiger partial charge in [0, 0.05) is 24.2 Å². The number of hydrogen-bond donors (Lipinski definition) is 1. The van der Waals surface area contributed by atoms with E-state index in [1.54, 1.807) is 5.56 Å². The van der Waals surface area contributed by atoms with E-state index >= 15 is 0 Å². The van der Waals surface area contributed by atoms with E-state index in [0.29, 0.717) is 6.04 Å². The van der Waals surface area contributed by atoms with Crippen molar-refractivity contribution in [1.29, 1.82) is 0 Å². The molecule has 1 aliphatic rings. The number of para-hydroxylation sites is 1. The lowest BCUT2D eigenvalue weighted by molar-refractivity contribution is 0.602. The van der Waals surface area contributed by atoms with E-state index in [2.05, 4.69) is 49.0 Å². The second kappa shape index (κ2) is 5.01. The average Bonchev–Trinajstić information content (AvgIpc) is 3.02. The standard InChI is InChI=1S/C17H24N2/c1-4-13-7-5-9-15-16(11-14-8-6-10-18-14)12(2)19(3)17(13)15/h5,7,9,14,18H,4,6,8,10-11H2,1-3H3. The van der Waals surface area contributed by atoms with E-state index in [0.717, 1.165) is 6.42 Å². The van der Waals surface area contributed by atoms with Gasteiger partial charge in [0.25, 0.3) is 0 Å². The molecule has 0 saturated carbocycles. The number of nitrogens with one attached hydrogen (secondary N) is 1. The zero-order chi connectivity index (χ0) is 13.4. The molecule has 0 aliphatic carbocycles. The molecule has 0 spiro atoms. The number of aromatic nitrogens is 1. The van der Waals surface area contributed by atoms with Gasteiger partial charge in [0.2, 0.25) is 0 Å². The average molecular weight is 256 g/mol. The minimum absolute atomic E-state index is 0.676. The smallest absolute Gasteiger partial charge is 0.0515 e. The van der Waals surface area contributed by atoms with Gasteiger partial charge >= 0.3 is 0 Å². The Morgan fingerprint density at radius 3 is 2.89 bits per heavy atom. The van der Waals surface area contributed by atoms with Crippen LogP contribution in [0.15, 0.2) is 18.2 Å². The van der Waals surface area contributed by atoms with Crippen LogP contribution in [0.3, 0.4) is 0 Å². The summed E-state index contributed by atoms with van der Waals surface area (Å²) in [6, 6.07) is 7.45. The van der Waals surface area contributed by atoms with Crippen molar-refractivity contribution < 1.29 is 0 Å². The molecule has 2 heterocycles. The number of nitrogens with zero attached hydrogens (tertiary/aromatic N) is 1. The fourth-order valence-corrected chi connectivity index (χ4v) is 3.52. The minimum Gasteiger partial charge on any atom is -0.347 e. The van der Waals surface area contributed by atoms with Crippen molar-refractivity contribution in [1.82, 2.24) is 9.88 Å². The van der Waals surface area contributed by atoms with Gasteiger partial charge in [0.05, 0.1) is 5.52 Å². The van der Waals surface area contributed by atoms with Crippen LogP contribution in [-0.2, 0) is 19.9 Å². The first-order valence-electron chi connectivity index (χ1n) is 7.51. The van der Waals surface area contributed by atoms with Crippen molar-refractivity contribution in [3.05, 3.63) is 35.0 Å². The highest BCUT2D eigenvalue weighted by Crippen LogP contribution is 2.29. The number of hydrogen-bond acceptors (Lipinski definition) is 1. The van der Waals surface area contributed by atoms with E-state index in [4.69, 9.17) is 0 Å². The molecule has 1 fully saturated rings. The maximum absolute atomic E-state index is 3.63. The molecule has 2 heteroatoms. The molecule has 2 aromatic rings. The van der Waals surface area contributed by atoms with Gasteiger partial charge in [-0.15, -0.1) is 0 Å². The molecule has 102 valence electrons. The monoisotopic (exact) mass is 256 g/mol. The Morgan fingerprint density at radius 2 is 2.21 bits per heavy atom. The van der Waals surface area contributed by atoms with Gasteiger partial charge < -0.3 is 9.88 Å². The Kier molecular flexibility index (Phi) is 3.36. The van der Waals surface area contributed by atoms with Crippen molar-refractivity contribution in [2.75, 3.05) is 6.54 Å². The highest BCUT2D eigenvalue weighted by Gasteiger charge is 2.20. The lowest BCUT2D eigenvalue weighted by Gasteiger charge is -2.10. The van der Waals surface area contributed by atoms with Gasteiger partial charge in [-0.2, -0.15) is 0 Å². The maximum Gasteiger partial charge on any atom is 0.0515 e. The van der Waals surface area contributed by atoms with Crippen LogP contribution >= 0.6 is 0 Å². The van der Waals surface area contributed by atoms with E-state index in [-0.39, 0.29) is 0 Å². The second-order valence-corrected chi connectivity index (χ2v) is 5.79. The Labute approximate surface area is 115 Å². The van der Waals surface area contributed by atoms with Gasteiger partial charge in [-0.3, -0.25) is 0 Å². The number of rotatable bonds is 3. The number of aryl methyl sites for hydroxylation is 2. The summed E-state index contributed by atoms with van der Waals surface area (Å²) < 4.78 is 2.39. The van der Waals surface area contributed by atoms with Crippen molar-refractivity contribution in [3.8, 4) is 0 Å². The third-order valence-electron chi connectivity index (χ3n) is 4.71. The first kappa shape index (κ1) is 12.7. The molecular formula is C17H24N2. The zero-order valence-corrected chi connectivity index (χ0v) is 12.3. The molecule has 1 aromatic heterocycles. The van der Waals surface area contributed by atoms with Crippen LogP contribution in [0.2, 0.25) is 0 Å². The Bertz CT molecular complexity index is 589. The molecule has 1 aliphatic heterocycles. The molecule has 1 unspecified atom stereocenters. The van der Waals surface area contributed by atoms with Crippen LogP contribution in [0.25, 0.3) is 10.9 Å². The predicted octanol–water partition coefficient (Wildman–Crippen LogP) is 3.34. The third-order valence-corrected chi connectivity index (χ3v) is 4.71. The van der Waals surface area contributed by atoms with Gasteiger partial charge in [-0.25, -0.2) is 0 Å². The summed E-state index contributed by atoms with van der Waals surface area (Å²) in [4.78, 5) is 0. The summed E-state index contributed by atoms with van der Waals surface area (Å²) >= 11 is 0. The van der Waals surface area contributed by atoms with Gasteiger partial charge in [-0.05, 0) is 50.3 Å². The zero-order valence-electron chi connectivity index (χ0n) is 12.3. The Hall–Kier alpha value is -1.28. The predicted molar refractivity (Wildman–Crippen MR) is 81.8 cm³/mol. The number of fused-ring (bicyclic) bond motifs is 1. The molecule has 1 N–H and O–H groups in total. The van der Waals surface area contributed by atoms with Crippen LogP contribution in [0.5, 0.6) is 0 Å². The summed E-state index contributed by atoms with van der Waals surface area (Å²) in [6.45, 7) is 5.70. The SMILES string of the molecule is CCc1cccc2c(CC3CCCN3)c(C)n(C)c12. The van der Waals surface area contributed by atoms with E-state index < -0.39 is 0 Å². The lowest BCUT2D eigenvalue weighted by atomic mass is 10.00. The van der Waals surface area contributed by atoms with E-state index in [1.807, 2.05) is 0 Å². The number of benzene rings is 1. The van der Waals surface area contributed by atoms with Crippen LogP contribution in [0.1, 0.15) is 36.6 Å². The summed E-state index contributed by atoms with van der Waals surface area (Å²) in [5.41, 5.74) is 5.89. The molecule has 0 radical (unpaired) electrons. The molecular weight excluding hydrogens is 232 g/mol. The van der Waals surface area contributed by atoms with Crippen LogP contribution < -0.4 is 5.32 Å². The largest absolute Gasteiger partial charge is 0.347 e. The molecule has 0 amide bonds. The topological polar surface area (TPSA) is 17.0 Å². The second-order valence-electron chi connectivity index (χ2n) is 5.79. The van der Waals surface area contributed by atoms with Gasteiger partial charge in [0.15, 0.2) is 0 Å². The molecule has 1 atom stereocenters. The van der Waals surface area contributed by atoms with Crippen LogP contribution in [0, 0.1) is 6.92 Å². The normalized spacial score (nSPS) is 19.4. The molecule has 3 rings (SSSR count).